The molecule has 7 heteroatoms. The standard InChI is InChI=1S/C33H37Cl2N3O2/c1-33(2,40-3)22-36-30(39)21-38-29-15-8-7-12-25(29)26(32(38)24-10-5-4-6-11-24)20-37-18-16-23(17-19-37)31-27(34)13-9-14-28(31)35/h4-15,23H,16-22H2,1-3H3,(H,36,39). The Morgan fingerprint density at radius 2 is 1.60 bits per heavy atom. The number of hydrogen-bond acceptors (Lipinski definition) is 3. The zero-order valence-corrected chi connectivity index (χ0v) is 24.9. The van der Waals surface area contributed by atoms with Crippen molar-refractivity contribution in [2.24, 2.45) is 0 Å². The van der Waals surface area contributed by atoms with Crippen LogP contribution in [0.15, 0.2) is 72.8 Å². The van der Waals surface area contributed by atoms with Gasteiger partial charge in [0.1, 0.15) is 6.54 Å². The molecule has 5 nitrogen and oxygen atoms in total. The first kappa shape index (κ1) is 28.7. The van der Waals surface area contributed by atoms with E-state index in [9.17, 15) is 4.79 Å². The van der Waals surface area contributed by atoms with Gasteiger partial charge in [0.25, 0.3) is 0 Å². The van der Waals surface area contributed by atoms with Crippen LogP contribution in [0.3, 0.4) is 0 Å². The number of amides is 1. The van der Waals surface area contributed by atoms with Crippen molar-refractivity contribution in [1.29, 1.82) is 0 Å². The maximum Gasteiger partial charge on any atom is 0.240 e. The molecule has 5 rings (SSSR count). The maximum absolute atomic E-state index is 13.2. The van der Waals surface area contributed by atoms with Crippen molar-refractivity contribution in [3.63, 3.8) is 0 Å². The van der Waals surface area contributed by atoms with Crippen LogP contribution in [0.5, 0.6) is 0 Å². The highest BCUT2D eigenvalue weighted by Gasteiger charge is 2.27. The first-order valence-electron chi connectivity index (χ1n) is 13.9. The predicted molar refractivity (Wildman–Crippen MR) is 165 cm³/mol. The number of piperidine rings is 1. The van der Waals surface area contributed by atoms with E-state index >= 15 is 0 Å². The number of likely N-dealkylation sites (tertiary alicyclic amines) is 1. The van der Waals surface area contributed by atoms with Crippen molar-refractivity contribution in [1.82, 2.24) is 14.8 Å². The van der Waals surface area contributed by atoms with Gasteiger partial charge >= 0.3 is 0 Å². The van der Waals surface area contributed by atoms with Crippen LogP contribution in [0.4, 0.5) is 0 Å². The highest BCUT2D eigenvalue weighted by atomic mass is 35.5. The van der Waals surface area contributed by atoms with Crippen molar-refractivity contribution < 1.29 is 9.53 Å². The smallest absolute Gasteiger partial charge is 0.240 e. The quantitative estimate of drug-likeness (QED) is 0.223. The largest absolute Gasteiger partial charge is 0.377 e. The average molecular weight is 579 g/mol. The van der Waals surface area contributed by atoms with E-state index in [4.69, 9.17) is 27.9 Å². The molecular weight excluding hydrogens is 541 g/mol. The zero-order valence-electron chi connectivity index (χ0n) is 23.4. The van der Waals surface area contributed by atoms with Gasteiger partial charge in [-0.15, -0.1) is 0 Å². The summed E-state index contributed by atoms with van der Waals surface area (Å²) in [5, 5.41) is 5.77. The SMILES string of the molecule is COC(C)(C)CNC(=O)Cn1c(-c2ccccc2)c(CN2CCC(c3c(Cl)cccc3Cl)CC2)c2ccccc21. The van der Waals surface area contributed by atoms with Crippen molar-refractivity contribution >= 4 is 40.0 Å². The van der Waals surface area contributed by atoms with Gasteiger partial charge in [-0.25, -0.2) is 0 Å². The van der Waals surface area contributed by atoms with Gasteiger partial charge in [0.05, 0.1) is 11.3 Å². The van der Waals surface area contributed by atoms with Crippen LogP contribution in [-0.4, -0.2) is 47.7 Å². The van der Waals surface area contributed by atoms with E-state index in [0.717, 1.165) is 64.9 Å². The first-order valence-corrected chi connectivity index (χ1v) is 14.7. The topological polar surface area (TPSA) is 46.5 Å². The van der Waals surface area contributed by atoms with E-state index in [1.165, 1.54) is 10.9 Å². The molecule has 0 atom stereocenters. The Hall–Kier alpha value is -2.83. The van der Waals surface area contributed by atoms with Gasteiger partial charge in [0.15, 0.2) is 0 Å². The number of carbonyl (C=O) groups is 1. The number of benzene rings is 3. The van der Waals surface area contributed by atoms with Crippen LogP contribution in [-0.2, 0) is 22.6 Å². The molecule has 210 valence electrons. The average Bonchev–Trinajstić information content (AvgIpc) is 3.26. The van der Waals surface area contributed by atoms with E-state index in [1.54, 1.807) is 7.11 Å². The second-order valence-corrected chi connectivity index (χ2v) is 12.0. The molecule has 0 bridgehead atoms. The molecule has 0 saturated carbocycles. The molecule has 4 aromatic rings. The molecule has 0 aliphatic carbocycles. The number of methoxy groups -OCH3 is 1. The van der Waals surface area contributed by atoms with Crippen LogP contribution >= 0.6 is 23.2 Å². The summed E-state index contributed by atoms with van der Waals surface area (Å²) in [5.74, 6) is 0.319. The van der Waals surface area contributed by atoms with Gasteiger partial charge in [0.2, 0.25) is 5.91 Å². The summed E-state index contributed by atoms with van der Waals surface area (Å²) in [6.07, 6.45) is 2.00. The molecule has 1 aliphatic rings. The summed E-state index contributed by atoms with van der Waals surface area (Å²) in [6, 6.07) is 24.6. The minimum absolute atomic E-state index is 0.0351. The summed E-state index contributed by atoms with van der Waals surface area (Å²) < 4.78 is 7.67. The Morgan fingerprint density at radius 3 is 2.27 bits per heavy atom. The first-order chi connectivity index (χ1) is 19.3. The number of halogens is 2. The third-order valence-corrected chi connectivity index (χ3v) is 8.72. The van der Waals surface area contributed by atoms with Gasteiger partial charge in [-0.05, 0) is 80.6 Å². The van der Waals surface area contributed by atoms with Crippen LogP contribution in [0, 0.1) is 0 Å². The fraction of sp³-hybridized carbons (Fsp3) is 0.364. The fourth-order valence-corrected chi connectivity index (χ4v) is 6.42. The number of rotatable bonds is 9. The number of carbonyl (C=O) groups excluding carboxylic acids is 1. The minimum atomic E-state index is -0.428. The summed E-state index contributed by atoms with van der Waals surface area (Å²) in [7, 11) is 1.66. The van der Waals surface area contributed by atoms with Gasteiger partial charge in [-0.2, -0.15) is 0 Å². The van der Waals surface area contributed by atoms with Crippen LogP contribution < -0.4 is 5.32 Å². The monoisotopic (exact) mass is 577 g/mol. The van der Waals surface area contributed by atoms with Crippen molar-refractivity contribution in [2.45, 2.75) is 51.3 Å². The number of aromatic nitrogens is 1. The van der Waals surface area contributed by atoms with Crippen molar-refractivity contribution in [3.05, 3.63) is 94.0 Å². The fourth-order valence-electron chi connectivity index (χ4n) is 5.71. The van der Waals surface area contributed by atoms with E-state index in [1.807, 2.05) is 44.2 Å². The van der Waals surface area contributed by atoms with E-state index < -0.39 is 5.60 Å². The third-order valence-electron chi connectivity index (χ3n) is 8.07. The minimum Gasteiger partial charge on any atom is -0.377 e. The van der Waals surface area contributed by atoms with Crippen LogP contribution in [0.2, 0.25) is 10.0 Å². The molecule has 1 amide bonds. The third kappa shape index (κ3) is 6.23. The molecule has 1 saturated heterocycles. The lowest BCUT2D eigenvalue weighted by atomic mass is 9.89. The highest BCUT2D eigenvalue weighted by Crippen LogP contribution is 2.39. The lowest BCUT2D eigenvalue weighted by Crippen LogP contribution is -2.41. The van der Waals surface area contributed by atoms with Crippen molar-refractivity contribution in [2.75, 3.05) is 26.7 Å². The highest BCUT2D eigenvalue weighted by molar-refractivity contribution is 6.36. The maximum atomic E-state index is 13.2. The van der Waals surface area contributed by atoms with E-state index in [0.29, 0.717) is 12.5 Å². The molecule has 40 heavy (non-hydrogen) atoms. The summed E-state index contributed by atoms with van der Waals surface area (Å²) in [6.45, 7) is 7.32. The molecule has 0 radical (unpaired) electrons. The Bertz CT molecular complexity index is 1450. The molecule has 2 heterocycles. The number of para-hydroxylation sites is 1. The molecule has 0 spiro atoms. The second kappa shape index (κ2) is 12.4. The van der Waals surface area contributed by atoms with Gasteiger partial charge in [-0.3, -0.25) is 9.69 Å². The second-order valence-electron chi connectivity index (χ2n) is 11.2. The molecule has 0 unspecified atom stereocenters. The predicted octanol–water partition coefficient (Wildman–Crippen LogP) is 7.54. The summed E-state index contributed by atoms with van der Waals surface area (Å²) >= 11 is 13.1. The summed E-state index contributed by atoms with van der Waals surface area (Å²) in [5.41, 5.74) is 5.17. The Balaban J connectivity index is 1.45. The number of hydrogen-bond donors (Lipinski definition) is 1. The molecule has 1 N–H and O–H groups in total. The van der Waals surface area contributed by atoms with Gasteiger partial charge in [-0.1, -0.05) is 77.8 Å². The molecule has 1 aromatic heterocycles. The summed E-state index contributed by atoms with van der Waals surface area (Å²) in [4.78, 5) is 15.7. The molecule has 1 aliphatic heterocycles. The number of ether oxygens (including phenoxy) is 1. The van der Waals surface area contributed by atoms with Crippen molar-refractivity contribution in [3.8, 4) is 11.3 Å². The zero-order chi connectivity index (χ0) is 28.3. The van der Waals surface area contributed by atoms with Gasteiger partial charge < -0.3 is 14.6 Å². The Kier molecular flexibility index (Phi) is 8.86. The van der Waals surface area contributed by atoms with Crippen LogP contribution in [0.25, 0.3) is 22.2 Å². The van der Waals surface area contributed by atoms with Gasteiger partial charge in [0, 0.05) is 41.1 Å². The van der Waals surface area contributed by atoms with E-state index in [2.05, 4.69) is 57.2 Å². The molecule has 3 aromatic carbocycles. The number of fused-ring (bicyclic) bond motifs is 1. The molecular formula is C33H37Cl2N3O2. The lowest BCUT2D eigenvalue weighted by molar-refractivity contribution is -0.122. The lowest BCUT2D eigenvalue weighted by Gasteiger charge is -2.33. The Labute approximate surface area is 247 Å². The van der Waals surface area contributed by atoms with E-state index in [-0.39, 0.29) is 12.5 Å². The number of nitrogens with zero attached hydrogens (tertiary/aromatic N) is 2. The van der Waals surface area contributed by atoms with Crippen LogP contribution in [0.1, 0.15) is 43.7 Å². The number of nitrogens with one attached hydrogen (secondary N) is 1. The Morgan fingerprint density at radius 1 is 0.950 bits per heavy atom. The molecule has 1 fully saturated rings. The normalized spacial score (nSPS) is 15.0.